The number of hydrogen-bond donors (Lipinski definition) is 1. The lowest BCUT2D eigenvalue weighted by atomic mass is 9.71. The lowest BCUT2D eigenvalue weighted by molar-refractivity contribution is 0.0593. The summed E-state index contributed by atoms with van der Waals surface area (Å²) in [6, 6.07) is 1.67. The molecule has 1 atom stereocenters. The SMILES string of the molecule is COC(=O)c1cnc(N2CCC3(CC2)CC(O)CN(c2ccncc2F)C3)s1. The number of nitrogens with zero attached hydrogens (tertiary/aromatic N) is 4. The summed E-state index contributed by atoms with van der Waals surface area (Å²) < 4.78 is 18.9. The molecule has 7 nitrogen and oxygen atoms in total. The minimum absolute atomic E-state index is 0.0632. The molecule has 28 heavy (non-hydrogen) atoms. The molecule has 2 fully saturated rings. The highest BCUT2D eigenvalue weighted by molar-refractivity contribution is 7.17. The zero-order valence-electron chi connectivity index (χ0n) is 15.7. The Morgan fingerprint density at radius 3 is 2.86 bits per heavy atom. The van der Waals surface area contributed by atoms with Gasteiger partial charge in [0.25, 0.3) is 0 Å². The average molecular weight is 406 g/mol. The van der Waals surface area contributed by atoms with Gasteiger partial charge in [0.15, 0.2) is 10.9 Å². The van der Waals surface area contributed by atoms with E-state index < -0.39 is 6.10 Å². The van der Waals surface area contributed by atoms with Gasteiger partial charge in [0.05, 0.1) is 31.3 Å². The van der Waals surface area contributed by atoms with E-state index in [0.717, 1.165) is 37.5 Å². The van der Waals surface area contributed by atoms with Crippen molar-refractivity contribution in [2.24, 2.45) is 5.41 Å². The summed E-state index contributed by atoms with van der Waals surface area (Å²) in [5, 5.41) is 11.3. The summed E-state index contributed by atoms with van der Waals surface area (Å²) in [6.45, 7) is 2.71. The monoisotopic (exact) mass is 406 g/mol. The third-order valence-corrected chi connectivity index (χ3v) is 6.73. The Hall–Kier alpha value is -2.26. The maximum absolute atomic E-state index is 14.2. The molecular formula is C19H23FN4O3S. The Labute approximate surface area is 166 Å². The van der Waals surface area contributed by atoms with Gasteiger partial charge in [0.2, 0.25) is 0 Å². The number of carbonyl (C=O) groups is 1. The van der Waals surface area contributed by atoms with Crippen LogP contribution in [0.3, 0.4) is 0 Å². The summed E-state index contributed by atoms with van der Waals surface area (Å²) >= 11 is 1.33. The molecule has 0 bridgehead atoms. The van der Waals surface area contributed by atoms with Gasteiger partial charge in [0.1, 0.15) is 4.88 Å². The zero-order valence-corrected chi connectivity index (χ0v) is 16.5. The Morgan fingerprint density at radius 1 is 1.36 bits per heavy atom. The van der Waals surface area contributed by atoms with Gasteiger partial charge in [-0.05, 0) is 30.7 Å². The van der Waals surface area contributed by atoms with Crippen molar-refractivity contribution in [3.05, 3.63) is 35.4 Å². The van der Waals surface area contributed by atoms with Crippen molar-refractivity contribution in [1.29, 1.82) is 0 Å². The molecule has 1 N–H and O–H groups in total. The van der Waals surface area contributed by atoms with Crippen LogP contribution in [0, 0.1) is 11.2 Å². The topological polar surface area (TPSA) is 78.8 Å². The fourth-order valence-electron chi connectivity index (χ4n) is 4.30. The van der Waals surface area contributed by atoms with Gasteiger partial charge >= 0.3 is 5.97 Å². The molecule has 0 aromatic carbocycles. The van der Waals surface area contributed by atoms with Crippen LogP contribution < -0.4 is 9.80 Å². The number of aliphatic hydroxyl groups excluding tert-OH is 1. The van der Waals surface area contributed by atoms with Crippen molar-refractivity contribution in [1.82, 2.24) is 9.97 Å². The van der Waals surface area contributed by atoms with Gasteiger partial charge in [-0.1, -0.05) is 11.3 Å². The average Bonchev–Trinajstić information content (AvgIpc) is 3.18. The van der Waals surface area contributed by atoms with Crippen molar-refractivity contribution in [3.63, 3.8) is 0 Å². The first-order valence-corrected chi connectivity index (χ1v) is 10.1. The number of aromatic nitrogens is 2. The molecule has 9 heteroatoms. The number of esters is 1. The van der Waals surface area contributed by atoms with Crippen LogP contribution in [0.1, 0.15) is 28.9 Å². The molecule has 2 aliphatic heterocycles. The van der Waals surface area contributed by atoms with Gasteiger partial charge in [0, 0.05) is 32.4 Å². The fraction of sp³-hybridized carbons (Fsp3) is 0.526. The van der Waals surface area contributed by atoms with E-state index in [1.807, 2.05) is 4.90 Å². The number of hydrogen-bond acceptors (Lipinski definition) is 8. The second kappa shape index (κ2) is 7.63. The number of pyridine rings is 1. The van der Waals surface area contributed by atoms with E-state index in [1.54, 1.807) is 18.5 Å². The highest BCUT2D eigenvalue weighted by Gasteiger charge is 2.42. The van der Waals surface area contributed by atoms with E-state index in [-0.39, 0.29) is 17.2 Å². The molecule has 0 aliphatic carbocycles. The minimum atomic E-state index is -0.487. The Balaban J connectivity index is 1.46. The first kappa shape index (κ1) is 19.1. The molecule has 2 aliphatic rings. The number of halogens is 1. The van der Waals surface area contributed by atoms with Crippen LogP contribution in [0.5, 0.6) is 0 Å². The number of piperidine rings is 2. The van der Waals surface area contributed by atoms with Crippen molar-refractivity contribution in [3.8, 4) is 0 Å². The fourth-order valence-corrected chi connectivity index (χ4v) is 5.19. The minimum Gasteiger partial charge on any atom is -0.465 e. The Bertz CT molecular complexity index is 853. The maximum Gasteiger partial charge on any atom is 0.349 e. The molecule has 1 spiro atoms. The van der Waals surface area contributed by atoms with Gasteiger partial charge < -0.3 is 19.6 Å². The highest BCUT2D eigenvalue weighted by atomic mass is 32.1. The number of carbonyl (C=O) groups excluding carboxylic acids is 1. The molecule has 2 aromatic heterocycles. The number of ether oxygens (including phenoxy) is 1. The summed E-state index contributed by atoms with van der Waals surface area (Å²) in [6.07, 6.45) is 6.33. The summed E-state index contributed by atoms with van der Waals surface area (Å²) in [5.41, 5.74) is 0.435. The number of methoxy groups -OCH3 is 1. The highest BCUT2D eigenvalue weighted by Crippen LogP contribution is 2.42. The molecule has 0 saturated carbocycles. The molecule has 4 rings (SSSR count). The van der Waals surface area contributed by atoms with E-state index in [4.69, 9.17) is 4.74 Å². The van der Waals surface area contributed by atoms with Crippen molar-refractivity contribution >= 4 is 28.1 Å². The molecule has 150 valence electrons. The van der Waals surface area contributed by atoms with E-state index in [0.29, 0.717) is 23.7 Å². The van der Waals surface area contributed by atoms with Crippen LogP contribution >= 0.6 is 11.3 Å². The van der Waals surface area contributed by atoms with Gasteiger partial charge in [-0.15, -0.1) is 0 Å². The van der Waals surface area contributed by atoms with E-state index in [9.17, 15) is 14.3 Å². The molecule has 1 unspecified atom stereocenters. The lowest BCUT2D eigenvalue weighted by Crippen LogP contribution is -2.54. The molecular weight excluding hydrogens is 383 g/mol. The lowest BCUT2D eigenvalue weighted by Gasteiger charge is -2.49. The molecule has 2 aromatic rings. The number of thiazole rings is 1. The third kappa shape index (κ3) is 3.68. The molecule has 0 amide bonds. The van der Waals surface area contributed by atoms with Crippen molar-refractivity contribution < 1.29 is 19.0 Å². The van der Waals surface area contributed by atoms with E-state index >= 15 is 0 Å². The number of rotatable bonds is 3. The zero-order chi connectivity index (χ0) is 19.7. The number of aliphatic hydroxyl groups is 1. The first-order valence-electron chi connectivity index (χ1n) is 9.31. The standard InChI is InChI=1S/C19H23FN4O3S/c1-27-17(26)16-10-22-18(28-16)23-6-3-19(4-7-23)8-13(25)11-24(12-19)15-2-5-21-9-14(15)20/h2,5,9-10,13,25H,3-4,6-8,11-12H2,1H3. The predicted octanol–water partition coefficient (Wildman–Crippen LogP) is 2.32. The van der Waals surface area contributed by atoms with E-state index in [2.05, 4.69) is 14.9 Å². The van der Waals surface area contributed by atoms with Gasteiger partial charge in [-0.2, -0.15) is 0 Å². The second-order valence-electron chi connectivity index (χ2n) is 7.55. The van der Waals surface area contributed by atoms with Crippen LogP contribution in [0.2, 0.25) is 0 Å². The molecule has 4 heterocycles. The largest absolute Gasteiger partial charge is 0.465 e. The summed E-state index contributed by atoms with van der Waals surface area (Å²) in [5.74, 6) is -0.732. The summed E-state index contributed by atoms with van der Waals surface area (Å²) in [4.78, 5) is 24.4. The number of β-amino-alcohol motifs (C(OH)–C–C–N with tert-alkyl or cyclic N) is 1. The molecule has 2 saturated heterocycles. The second-order valence-corrected chi connectivity index (χ2v) is 8.56. The van der Waals surface area contributed by atoms with Crippen LogP contribution in [-0.2, 0) is 4.74 Å². The number of anilines is 2. The first-order chi connectivity index (χ1) is 13.5. The van der Waals surface area contributed by atoms with Crippen molar-refractivity contribution in [2.45, 2.75) is 25.4 Å². The normalized spacial score (nSPS) is 21.8. The van der Waals surface area contributed by atoms with Gasteiger partial charge in [-0.3, -0.25) is 4.98 Å². The third-order valence-electron chi connectivity index (χ3n) is 5.69. The van der Waals surface area contributed by atoms with E-state index in [1.165, 1.54) is 24.6 Å². The van der Waals surface area contributed by atoms with Crippen molar-refractivity contribution in [2.75, 3.05) is 43.1 Å². The van der Waals surface area contributed by atoms with Crippen LogP contribution in [0.4, 0.5) is 15.2 Å². The Morgan fingerprint density at radius 2 is 2.14 bits per heavy atom. The molecule has 0 radical (unpaired) electrons. The quantitative estimate of drug-likeness (QED) is 0.784. The van der Waals surface area contributed by atoms with Crippen LogP contribution in [0.25, 0.3) is 0 Å². The van der Waals surface area contributed by atoms with Crippen LogP contribution in [0.15, 0.2) is 24.7 Å². The maximum atomic E-state index is 14.2. The van der Waals surface area contributed by atoms with Crippen LogP contribution in [-0.4, -0.2) is 60.4 Å². The smallest absolute Gasteiger partial charge is 0.349 e. The predicted molar refractivity (Wildman–Crippen MR) is 104 cm³/mol. The Kier molecular flexibility index (Phi) is 5.20. The van der Waals surface area contributed by atoms with Gasteiger partial charge in [-0.25, -0.2) is 14.2 Å². The summed E-state index contributed by atoms with van der Waals surface area (Å²) in [7, 11) is 1.36.